The topological polar surface area (TPSA) is 34.4 Å². The number of halogens is 1. The summed E-state index contributed by atoms with van der Waals surface area (Å²) in [6.45, 7) is 3.60. The molecule has 19 heavy (non-hydrogen) atoms. The van der Waals surface area contributed by atoms with Crippen molar-refractivity contribution >= 4 is 0 Å². The number of benzene rings is 1. The van der Waals surface area contributed by atoms with Crippen LogP contribution in [0.5, 0.6) is 5.75 Å². The zero-order valence-corrected chi connectivity index (χ0v) is 11.2. The minimum absolute atomic E-state index is 0.308. The minimum Gasteiger partial charge on any atom is -0.497 e. The summed E-state index contributed by atoms with van der Waals surface area (Å²) in [5, 5.41) is 3.25. The largest absolute Gasteiger partial charge is 0.497 e. The fraction of sp³-hybridized carbons (Fsp3) is 0.333. The van der Waals surface area contributed by atoms with Gasteiger partial charge in [0.15, 0.2) is 0 Å². The van der Waals surface area contributed by atoms with Crippen molar-refractivity contribution < 1.29 is 13.5 Å². The van der Waals surface area contributed by atoms with Crippen molar-refractivity contribution in [1.82, 2.24) is 5.32 Å². The van der Waals surface area contributed by atoms with E-state index in [2.05, 4.69) is 12.2 Å². The van der Waals surface area contributed by atoms with E-state index in [-0.39, 0.29) is 5.82 Å². The molecule has 0 aliphatic heterocycles. The molecule has 0 saturated heterocycles. The van der Waals surface area contributed by atoms with Crippen LogP contribution in [0.15, 0.2) is 34.9 Å². The van der Waals surface area contributed by atoms with Gasteiger partial charge in [0.05, 0.1) is 19.9 Å². The molecular formula is C15H18FNO2. The van der Waals surface area contributed by atoms with E-state index in [9.17, 15) is 4.39 Å². The quantitative estimate of drug-likeness (QED) is 0.809. The lowest BCUT2D eigenvalue weighted by molar-refractivity contribution is 0.411. The van der Waals surface area contributed by atoms with Gasteiger partial charge in [-0.1, -0.05) is 6.92 Å². The molecule has 2 aromatic rings. The van der Waals surface area contributed by atoms with Gasteiger partial charge < -0.3 is 14.5 Å². The van der Waals surface area contributed by atoms with Crippen LogP contribution in [-0.2, 0) is 6.54 Å². The third-order valence-electron chi connectivity index (χ3n) is 2.92. The van der Waals surface area contributed by atoms with E-state index in [1.807, 2.05) is 0 Å². The van der Waals surface area contributed by atoms with Gasteiger partial charge in [-0.25, -0.2) is 4.39 Å². The zero-order chi connectivity index (χ0) is 13.7. The normalized spacial score (nSPS) is 10.7. The highest BCUT2D eigenvalue weighted by Crippen LogP contribution is 2.29. The molecule has 1 aromatic heterocycles. The Morgan fingerprint density at radius 2 is 2.11 bits per heavy atom. The average molecular weight is 263 g/mol. The SMILES string of the molecule is CCCNCc1occc1-c1ccc(OC)cc1F. The van der Waals surface area contributed by atoms with Crippen LogP contribution in [0.25, 0.3) is 11.1 Å². The highest BCUT2D eigenvalue weighted by atomic mass is 19.1. The van der Waals surface area contributed by atoms with E-state index in [0.717, 1.165) is 24.3 Å². The van der Waals surface area contributed by atoms with Gasteiger partial charge in [0, 0.05) is 17.2 Å². The van der Waals surface area contributed by atoms with E-state index in [1.165, 1.54) is 13.2 Å². The van der Waals surface area contributed by atoms with E-state index in [0.29, 0.717) is 17.9 Å². The van der Waals surface area contributed by atoms with Crippen LogP contribution in [0.1, 0.15) is 19.1 Å². The first-order valence-electron chi connectivity index (χ1n) is 6.37. The molecule has 0 aliphatic carbocycles. The second-order valence-corrected chi connectivity index (χ2v) is 4.28. The van der Waals surface area contributed by atoms with Crippen molar-refractivity contribution in [3.05, 3.63) is 42.1 Å². The average Bonchev–Trinajstić information content (AvgIpc) is 2.87. The molecule has 0 bridgehead atoms. The first kappa shape index (κ1) is 13.6. The number of ether oxygens (including phenoxy) is 1. The van der Waals surface area contributed by atoms with Gasteiger partial charge in [0.25, 0.3) is 0 Å². The second-order valence-electron chi connectivity index (χ2n) is 4.28. The van der Waals surface area contributed by atoms with Crippen LogP contribution < -0.4 is 10.1 Å². The molecule has 1 aromatic carbocycles. The Hall–Kier alpha value is -1.81. The van der Waals surface area contributed by atoms with E-state index in [1.54, 1.807) is 24.5 Å². The lowest BCUT2D eigenvalue weighted by Crippen LogP contribution is -2.13. The Kier molecular flexibility index (Phi) is 4.58. The van der Waals surface area contributed by atoms with Crippen molar-refractivity contribution in [1.29, 1.82) is 0 Å². The van der Waals surface area contributed by atoms with Crippen LogP contribution in [0.2, 0.25) is 0 Å². The smallest absolute Gasteiger partial charge is 0.134 e. The summed E-state index contributed by atoms with van der Waals surface area (Å²) in [4.78, 5) is 0. The number of hydrogen-bond acceptors (Lipinski definition) is 3. The third kappa shape index (κ3) is 3.15. The number of rotatable bonds is 6. The van der Waals surface area contributed by atoms with Crippen LogP contribution in [0.3, 0.4) is 0 Å². The second kappa shape index (κ2) is 6.38. The highest BCUT2D eigenvalue weighted by molar-refractivity contribution is 5.66. The van der Waals surface area contributed by atoms with E-state index in [4.69, 9.17) is 9.15 Å². The summed E-state index contributed by atoms with van der Waals surface area (Å²) in [5.41, 5.74) is 1.31. The van der Waals surface area contributed by atoms with Crippen molar-refractivity contribution in [3.8, 4) is 16.9 Å². The molecule has 0 radical (unpaired) electrons. The minimum atomic E-state index is -0.308. The molecule has 1 heterocycles. The van der Waals surface area contributed by atoms with Crippen molar-refractivity contribution in [2.75, 3.05) is 13.7 Å². The van der Waals surface area contributed by atoms with Crippen LogP contribution >= 0.6 is 0 Å². The monoisotopic (exact) mass is 263 g/mol. The number of furan rings is 1. The molecule has 0 atom stereocenters. The number of nitrogens with one attached hydrogen (secondary N) is 1. The molecule has 0 amide bonds. The molecule has 4 heteroatoms. The van der Waals surface area contributed by atoms with Crippen LogP contribution in [0.4, 0.5) is 4.39 Å². The summed E-state index contributed by atoms with van der Waals surface area (Å²) in [6, 6.07) is 6.62. The Labute approximate surface area is 112 Å². The summed E-state index contributed by atoms with van der Waals surface area (Å²) in [5.74, 6) is 0.949. The van der Waals surface area contributed by atoms with Crippen molar-refractivity contribution in [2.45, 2.75) is 19.9 Å². The van der Waals surface area contributed by atoms with Gasteiger partial charge in [0.2, 0.25) is 0 Å². The lowest BCUT2D eigenvalue weighted by Gasteiger charge is -2.07. The maximum atomic E-state index is 14.0. The van der Waals surface area contributed by atoms with Gasteiger partial charge in [-0.3, -0.25) is 0 Å². The van der Waals surface area contributed by atoms with E-state index >= 15 is 0 Å². The standard InChI is InChI=1S/C15H18FNO2/c1-3-7-17-10-15-13(6-8-19-15)12-5-4-11(18-2)9-14(12)16/h4-6,8-9,17H,3,7,10H2,1-2H3. The summed E-state index contributed by atoms with van der Waals surface area (Å²) in [7, 11) is 1.52. The molecular weight excluding hydrogens is 245 g/mol. The first-order valence-corrected chi connectivity index (χ1v) is 6.37. The van der Waals surface area contributed by atoms with Gasteiger partial charge in [0.1, 0.15) is 17.3 Å². The van der Waals surface area contributed by atoms with E-state index < -0.39 is 0 Å². The fourth-order valence-electron chi connectivity index (χ4n) is 1.94. The maximum Gasteiger partial charge on any atom is 0.134 e. The lowest BCUT2D eigenvalue weighted by atomic mass is 10.1. The number of hydrogen-bond donors (Lipinski definition) is 1. The van der Waals surface area contributed by atoms with Crippen molar-refractivity contribution in [3.63, 3.8) is 0 Å². The van der Waals surface area contributed by atoms with Crippen LogP contribution in [0, 0.1) is 5.82 Å². The van der Waals surface area contributed by atoms with Gasteiger partial charge in [-0.15, -0.1) is 0 Å². The van der Waals surface area contributed by atoms with Gasteiger partial charge in [-0.05, 0) is 31.2 Å². The molecule has 102 valence electrons. The highest BCUT2D eigenvalue weighted by Gasteiger charge is 2.13. The van der Waals surface area contributed by atoms with Crippen molar-refractivity contribution in [2.24, 2.45) is 0 Å². The Bertz CT molecular complexity index is 537. The molecule has 3 nitrogen and oxygen atoms in total. The predicted octanol–water partition coefficient (Wildman–Crippen LogP) is 3.59. The predicted molar refractivity (Wildman–Crippen MR) is 72.7 cm³/mol. The molecule has 0 unspecified atom stereocenters. The fourth-order valence-corrected chi connectivity index (χ4v) is 1.94. The molecule has 0 aliphatic rings. The number of methoxy groups -OCH3 is 1. The van der Waals surface area contributed by atoms with Gasteiger partial charge in [-0.2, -0.15) is 0 Å². The summed E-state index contributed by atoms with van der Waals surface area (Å²) in [6.07, 6.45) is 2.63. The molecule has 0 fully saturated rings. The third-order valence-corrected chi connectivity index (χ3v) is 2.92. The zero-order valence-electron chi connectivity index (χ0n) is 11.2. The Balaban J connectivity index is 2.24. The Morgan fingerprint density at radius 1 is 1.26 bits per heavy atom. The van der Waals surface area contributed by atoms with Gasteiger partial charge >= 0.3 is 0 Å². The molecule has 0 spiro atoms. The summed E-state index contributed by atoms with van der Waals surface area (Å²) >= 11 is 0. The van der Waals surface area contributed by atoms with Crippen LogP contribution in [-0.4, -0.2) is 13.7 Å². The molecule has 1 N–H and O–H groups in total. The summed E-state index contributed by atoms with van der Waals surface area (Å²) < 4.78 is 24.4. The first-order chi connectivity index (χ1) is 9.26. The molecule has 0 saturated carbocycles. The molecule has 2 rings (SSSR count). The Morgan fingerprint density at radius 3 is 2.79 bits per heavy atom. The maximum absolute atomic E-state index is 14.0.